The maximum atomic E-state index is 5.01. The third kappa shape index (κ3) is 3.66. The molecule has 2 atom stereocenters. The van der Waals surface area contributed by atoms with E-state index in [2.05, 4.69) is 94.4 Å². The average molecular weight is 441 g/mol. The molecule has 31 heavy (non-hydrogen) atoms. The number of hydrogen-bond acceptors (Lipinski definition) is 3. The predicted octanol–water partition coefficient (Wildman–Crippen LogP) is 6.56. The summed E-state index contributed by atoms with van der Waals surface area (Å²) in [5.41, 5.74) is 4.72. The molecule has 1 saturated heterocycles. The van der Waals surface area contributed by atoms with Gasteiger partial charge >= 0.3 is 0 Å². The van der Waals surface area contributed by atoms with Crippen LogP contribution in [-0.4, -0.2) is 41.6 Å². The van der Waals surface area contributed by atoms with Crippen LogP contribution < -0.4 is 10.2 Å². The van der Waals surface area contributed by atoms with Crippen LogP contribution in [0.4, 0.5) is 5.69 Å². The van der Waals surface area contributed by atoms with Crippen molar-refractivity contribution in [1.82, 2.24) is 14.5 Å². The molecule has 0 radical (unpaired) electrons. The highest BCUT2D eigenvalue weighted by Gasteiger charge is 2.46. The van der Waals surface area contributed by atoms with E-state index in [9.17, 15) is 0 Å². The fourth-order valence-electron chi connectivity index (χ4n) is 7.43. The van der Waals surface area contributed by atoms with Gasteiger partial charge in [0.25, 0.3) is 0 Å². The van der Waals surface area contributed by atoms with E-state index < -0.39 is 8.24 Å². The highest BCUT2D eigenvalue weighted by molar-refractivity contribution is 6.82. The van der Waals surface area contributed by atoms with Gasteiger partial charge in [-0.3, -0.25) is 0 Å². The van der Waals surface area contributed by atoms with Crippen LogP contribution in [0.15, 0.2) is 24.5 Å². The van der Waals surface area contributed by atoms with Gasteiger partial charge in [-0.2, -0.15) is 0 Å². The van der Waals surface area contributed by atoms with E-state index in [1.54, 1.807) is 0 Å². The van der Waals surface area contributed by atoms with Gasteiger partial charge in [0.1, 0.15) is 5.65 Å². The van der Waals surface area contributed by atoms with Gasteiger partial charge in [-0.1, -0.05) is 54.4 Å². The van der Waals surface area contributed by atoms with E-state index in [0.29, 0.717) is 28.7 Å². The zero-order valence-corrected chi connectivity index (χ0v) is 22.1. The Morgan fingerprint density at radius 3 is 2.29 bits per heavy atom. The minimum atomic E-state index is -1.83. The van der Waals surface area contributed by atoms with E-state index in [1.165, 1.54) is 42.4 Å². The minimum Gasteiger partial charge on any atom is -0.365 e. The summed E-state index contributed by atoms with van der Waals surface area (Å²) in [6, 6.07) is 5.85. The molecule has 2 fully saturated rings. The first kappa shape index (κ1) is 22.8. The number of nitrogens with one attached hydrogen (secondary N) is 1. The van der Waals surface area contributed by atoms with Crippen LogP contribution in [0.25, 0.3) is 11.0 Å². The normalized spacial score (nSPS) is 24.4. The van der Waals surface area contributed by atoms with Crippen molar-refractivity contribution in [3.8, 4) is 0 Å². The molecule has 0 spiro atoms. The van der Waals surface area contributed by atoms with Gasteiger partial charge in [0, 0.05) is 41.4 Å². The summed E-state index contributed by atoms with van der Waals surface area (Å²) < 4.78 is 2.66. The highest BCUT2D eigenvalue weighted by atomic mass is 28.3. The van der Waals surface area contributed by atoms with E-state index in [-0.39, 0.29) is 5.54 Å². The molecule has 4 nitrogen and oxygen atoms in total. The molecule has 4 rings (SSSR count). The number of hydrogen-bond donors (Lipinski definition) is 1. The second-order valence-electron chi connectivity index (χ2n) is 11.7. The van der Waals surface area contributed by atoms with Crippen LogP contribution in [0, 0.1) is 0 Å². The molecule has 1 saturated carbocycles. The van der Waals surface area contributed by atoms with Crippen LogP contribution in [-0.2, 0) is 0 Å². The maximum Gasteiger partial charge on any atom is 0.171 e. The lowest BCUT2D eigenvalue weighted by atomic mass is 9.83. The molecule has 1 aliphatic heterocycles. The van der Waals surface area contributed by atoms with Crippen molar-refractivity contribution in [3.05, 3.63) is 24.5 Å². The Kier molecular flexibility index (Phi) is 6.06. The van der Waals surface area contributed by atoms with Crippen molar-refractivity contribution < 1.29 is 0 Å². The SMILES string of the molecule is CC(C)[Si](C(C)C)(C(C)C)n1ccc2c(N3CC(C)(C)N[C@H]4CCCC[C@@H]43)ccnc21. The quantitative estimate of drug-likeness (QED) is 0.534. The Labute approximate surface area is 190 Å². The fourth-order valence-corrected chi connectivity index (χ4v) is 14.0. The molecule has 0 amide bonds. The Morgan fingerprint density at radius 2 is 1.65 bits per heavy atom. The van der Waals surface area contributed by atoms with Gasteiger partial charge in [0.2, 0.25) is 0 Å². The van der Waals surface area contributed by atoms with Crippen LogP contribution in [0.5, 0.6) is 0 Å². The van der Waals surface area contributed by atoms with Crippen molar-refractivity contribution in [1.29, 1.82) is 0 Å². The fraction of sp³-hybridized carbons (Fsp3) is 0.731. The second-order valence-corrected chi connectivity index (χ2v) is 17.4. The molecule has 2 aromatic rings. The summed E-state index contributed by atoms with van der Waals surface area (Å²) in [7, 11) is -1.83. The van der Waals surface area contributed by atoms with Crippen molar-refractivity contribution in [2.24, 2.45) is 0 Å². The molecular formula is C26H44N4Si. The monoisotopic (exact) mass is 440 g/mol. The predicted molar refractivity (Wildman–Crippen MR) is 137 cm³/mol. The zero-order chi connectivity index (χ0) is 22.6. The first-order valence-electron chi connectivity index (χ1n) is 12.6. The Bertz CT molecular complexity index is 891. The average Bonchev–Trinajstić information content (AvgIpc) is 3.10. The molecule has 2 aliphatic rings. The molecule has 5 heteroatoms. The van der Waals surface area contributed by atoms with Crippen molar-refractivity contribution in [3.63, 3.8) is 0 Å². The number of nitrogens with zero attached hydrogens (tertiary/aromatic N) is 3. The van der Waals surface area contributed by atoms with Crippen LogP contribution >= 0.6 is 0 Å². The van der Waals surface area contributed by atoms with E-state index in [0.717, 1.165) is 6.54 Å². The molecule has 2 aromatic heterocycles. The maximum absolute atomic E-state index is 5.01. The lowest BCUT2D eigenvalue weighted by molar-refractivity contribution is 0.199. The molecule has 0 aromatic carbocycles. The van der Waals surface area contributed by atoms with Crippen LogP contribution in [0.3, 0.4) is 0 Å². The van der Waals surface area contributed by atoms with E-state index in [1.807, 2.05) is 0 Å². The van der Waals surface area contributed by atoms with Gasteiger partial charge in [0.15, 0.2) is 8.24 Å². The Morgan fingerprint density at radius 1 is 1.00 bits per heavy atom. The zero-order valence-electron chi connectivity index (χ0n) is 21.1. The Hall–Kier alpha value is -1.33. The molecule has 3 heterocycles. The van der Waals surface area contributed by atoms with Crippen molar-refractivity contribution in [2.45, 2.75) is 115 Å². The number of piperazine rings is 1. The van der Waals surface area contributed by atoms with E-state index >= 15 is 0 Å². The van der Waals surface area contributed by atoms with Crippen molar-refractivity contribution in [2.75, 3.05) is 11.4 Å². The van der Waals surface area contributed by atoms with Crippen LogP contribution in [0.1, 0.15) is 81.1 Å². The lowest BCUT2D eigenvalue weighted by Crippen LogP contribution is -2.67. The molecule has 172 valence electrons. The summed E-state index contributed by atoms with van der Waals surface area (Å²) in [5.74, 6) is 0. The van der Waals surface area contributed by atoms with Gasteiger partial charge in [-0.05, 0) is 61.6 Å². The highest BCUT2D eigenvalue weighted by Crippen LogP contribution is 2.45. The minimum absolute atomic E-state index is 0.128. The summed E-state index contributed by atoms with van der Waals surface area (Å²) in [5, 5.41) is 5.31. The van der Waals surface area contributed by atoms with Crippen molar-refractivity contribution >= 4 is 25.0 Å². The first-order chi connectivity index (χ1) is 14.6. The third-order valence-corrected chi connectivity index (χ3v) is 15.1. The topological polar surface area (TPSA) is 33.1 Å². The molecule has 0 unspecified atom stereocenters. The smallest absolute Gasteiger partial charge is 0.171 e. The van der Waals surface area contributed by atoms with Crippen LogP contribution in [0.2, 0.25) is 16.6 Å². The summed E-state index contributed by atoms with van der Waals surface area (Å²) in [4.78, 5) is 7.74. The van der Waals surface area contributed by atoms with Gasteiger partial charge in [0.05, 0.1) is 0 Å². The molecular weight excluding hydrogens is 396 g/mol. The standard InChI is InChI=1S/C26H44N4Si/c1-18(2)31(19(3)4,20(5)6)30-16-14-21-23(13-15-27-25(21)30)29-17-26(7,8)28-22-11-9-10-12-24(22)29/h13-16,18-20,22,24,28H,9-12,17H2,1-8H3/t22-,24-/m0/s1. The summed E-state index contributed by atoms with van der Waals surface area (Å²) in [6.45, 7) is 20.4. The lowest BCUT2D eigenvalue weighted by Gasteiger charge is -2.52. The molecule has 0 bridgehead atoms. The number of anilines is 1. The first-order valence-corrected chi connectivity index (χ1v) is 14.8. The number of rotatable bonds is 5. The summed E-state index contributed by atoms with van der Waals surface area (Å²) >= 11 is 0. The van der Waals surface area contributed by atoms with E-state index in [4.69, 9.17) is 4.98 Å². The number of aromatic nitrogens is 2. The summed E-state index contributed by atoms with van der Waals surface area (Å²) in [6.07, 6.45) is 9.75. The van der Waals surface area contributed by atoms with Gasteiger partial charge in [-0.25, -0.2) is 4.98 Å². The largest absolute Gasteiger partial charge is 0.365 e. The Balaban J connectivity index is 1.86. The number of pyridine rings is 1. The molecule has 1 N–H and O–H groups in total. The number of fused-ring (bicyclic) bond motifs is 2. The van der Waals surface area contributed by atoms with Gasteiger partial charge < -0.3 is 14.4 Å². The second kappa shape index (κ2) is 8.22. The third-order valence-electron chi connectivity index (χ3n) is 8.34. The molecule has 1 aliphatic carbocycles. The van der Waals surface area contributed by atoms with Gasteiger partial charge in [-0.15, -0.1) is 0 Å².